The predicted molar refractivity (Wildman–Crippen MR) is 79.6 cm³/mol. The van der Waals surface area contributed by atoms with Gasteiger partial charge in [-0.25, -0.2) is 0 Å². The van der Waals surface area contributed by atoms with Gasteiger partial charge >= 0.3 is 0 Å². The van der Waals surface area contributed by atoms with Crippen molar-refractivity contribution >= 4 is 21.5 Å². The van der Waals surface area contributed by atoms with Gasteiger partial charge in [0.25, 0.3) is 10.0 Å². The summed E-state index contributed by atoms with van der Waals surface area (Å²) in [5, 5.41) is 3.14. The van der Waals surface area contributed by atoms with Crippen molar-refractivity contribution in [2.75, 3.05) is 5.32 Å². The zero-order chi connectivity index (χ0) is 14.2. The Morgan fingerprint density at radius 2 is 1.75 bits per heavy atom. The molecule has 0 aromatic heterocycles. The van der Waals surface area contributed by atoms with E-state index in [1.54, 1.807) is 18.2 Å². The number of hydrogen-bond acceptors (Lipinski definition) is 3. The molecule has 4 nitrogen and oxygen atoms in total. The number of rotatable bonds is 2. The molecule has 0 bridgehead atoms. The van der Waals surface area contributed by atoms with Gasteiger partial charge in [0.05, 0.1) is 0 Å². The first-order valence-electron chi connectivity index (χ1n) is 6.41. The van der Waals surface area contributed by atoms with E-state index in [1.807, 2.05) is 30.3 Å². The van der Waals surface area contributed by atoms with Crippen molar-refractivity contribution in [2.45, 2.75) is 18.2 Å². The normalized spacial score (nSPS) is 15.6. The van der Waals surface area contributed by atoms with Crippen LogP contribution in [0.3, 0.4) is 0 Å². The summed E-state index contributed by atoms with van der Waals surface area (Å²) < 4.78 is 27.8. The van der Waals surface area contributed by atoms with E-state index in [4.69, 9.17) is 0 Å². The minimum absolute atomic E-state index is 0.261. The molecule has 2 aromatic rings. The van der Waals surface area contributed by atoms with E-state index >= 15 is 0 Å². The molecular weight excluding hydrogens is 272 g/mol. The number of nitrogens with zero attached hydrogens (tertiary/aromatic N) is 1. The fraction of sp³-hybridized carbons (Fsp3) is 0.133. The Bertz CT molecular complexity index is 795. The fourth-order valence-corrected chi connectivity index (χ4v) is 3.45. The molecule has 0 saturated carbocycles. The maximum atomic E-state index is 12.0. The van der Waals surface area contributed by atoms with E-state index < -0.39 is 10.0 Å². The Morgan fingerprint density at radius 3 is 2.55 bits per heavy atom. The minimum Gasteiger partial charge on any atom is -0.339 e. The first-order valence-corrected chi connectivity index (χ1v) is 7.85. The van der Waals surface area contributed by atoms with Crippen molar-refractivity contribution in [2.24, 2.45) is 4.40 Å². The Hall–Kier alpha value is -2.14. The van der Waals surface area contributed by atoms with E-state index in [1.165, 1.54) is 0 Å². The molecule has 0 spiro atoms. The SMILES string of the molecule is CCc1ccccc1NC1=NS(=O)(=O)c2ccccc21. The summed E-state index contributed by atoms with van der Waals surface area (Å²) in [5.41, 5.74) is 2.64. The van der Waals surface area contributed by atoms with E-state index in [-0.39, 0.29) is 4.90 Å². The highest BCUT2D eigenvalue weighted by Gasteiger charge is 2.28. The Kier molecular flexibility index (Phi) is 3.06. The molecule has 0 unspecified atom stereocenters. The summed E-state index contributed by atoms with van der Waals surface area (Å²) in [6.45, 7) is 2.06. The number of sulfonamides is 1. The maximum absolute atomic E-state index is 12.0. The molecule has 102 valence electrons. The maximum Gasteiger partial charge on any atom is 0.285 e. The van der Waals surface area contributed by atoms with Crippen LogP contribution in [-0.2, 0) is 16.4 Å². The van der Waals surface area contributed by atoms with Crippen LogP contribution in [0.4, 0.5) is 5.69 Å². The van der Waals surface area contributed by atoms with Crippen molar-refractivity contribution in [1.29, 1.82) is 0 Å². The lowest BCUT2D eigenvalue weighted by Gasteiger charge is -2.10. The van der Waals surface area contributed by atoms with Crippen LogP contribution in [0.1, 0.15) is 18.1 Å². The number of amidine groups is 1. The quantitative estimate of drug-likeness (QED) is 0.923. The molecule has 0 radical (unpaired) electrons. The third kappa shape index (κ3) is 2.10. The first-order chi connectivity index (χ1) is 9.62. The summed E-state index contributed by atoms with van der Waals surface area (Å²) in [5.74, 6) is 0.390. The number of hydrogen-bond donors (Lipinski definition) is 1. The zero-order valence-corrected chi connectivity index (χ0v) is 11.8. The highest BCUT2D eigenvalue weighted by atomic mass is 32.2. The molecule has 1 aliphatic heterocycles. The highest BCUT2D eigenvalue weighted by Crippen LogP contribution is 2.27. The molecule has 0 amide bonds. The second-order valence-electron chi connectivity index (χ2n) is 4.55. The van der Waals surface area contributed by atoms with Crippen molar-refractivity contribution < 1.29 is 8.42 Å². The second kappa shape index (κ2) is 4.76. The van der Waals surface area contributed by atoms with Gasteiger partial charge in [0.1, 0.15) is 4.90 Å². The van der Waals surface area contributed by atoms with Gasteiger partial charge in [-0.1, -0.05) is 37.3 Å². The van der Waals surface area contributed by atoms with Gasteiger partial charge in [-0.15, -0.1) is 4.40 Å². The largest absolute Gasteiger partial charge is 0.339 e. The number of para-hydroxylation sites is 1. The van der Waals surface area contributed by atoms with Gasteiger partial charge in [-0.2, -0.15) is 8.42 Å². The van der Waals surface area contributed by atoms with Gasteiger partial charge in [0.2, 0.25) is 0 Å². The van der Waals surface area contributed by atoms with Crippen LogP contribution in [0, 0.1) is 0 Å². The van der Waals surface area contributed by atoms with Crippen molar-refractivity contribution in [3.63, 3.8) is 0 Å². The van der Waals surface area contributed by atoms with Crippen LogP contribution >= 0.6 is 0 Å². The van der Waals surface area contributed by atoms with E-state index in [2.05, 4.69) is 16.6 Å². The van der Waals surface area contributed by atoms with Gasteiger partial charge in [0, 0.05) is 11.3 Å². The fourth-order valence-electron chi connectivity index (χ4n) is 2.27. The van der Waals surface area contributed by atoms with Crippen molar-refractivity contribution in [1.82, 2.24) is 0 Å². The molecule has 2 aromatic carbocycles. The highest BCUT2D eigenvalue weighted by molar-refractivity contribution is 7.90. The van der Waals surface area contributed by atoms with Crippen LogP contribution in [-0.4, -0.2) is 14.3 Å². The zero-order valence-electron chi connectivity index (χ0n) is 11.0. The van der Waals surface area contributed by atoms with Crippen LogP contribution in [0.15, 0.2) is 57.8 Å². The third-order valence-electron chi connectivity index (χ3n) is 3.28. The monoisotopic (exact) mass is 286 g/mol. The standard InChI is InChI=1S/C15H14N2O2S/c1-2-11-7-3-5-9-13(11)16-15-12-8-4-6-10-14(12)20(18,19)17-15/h3-10H,2H2,1H3,(H,16,17). The second-order valence-corrected chi connectivity index (χ2v) is 6.12. The lowest BCUT2D eigenvalue weighted by atomic mass is 10.1. The topological polar surface area (TPSA) is 58.5 Å². The Balaban J connectivity index is 2.05. The van der Waals surface area contributed by atoms with E-state index in [0.717, 1.165) is 17.7 Å². The average Bonchev–Trinajstić information content (AvgIpc) is 2.71. The van der Waals surface area contributed by atoms with E-state index in [9.17, 15) is 8.42 Å². The predicted octanol–water partition coefficient (Wildman–Crippen LogP) is 2.81. The van der Waals surface area contributed by atoms with Crippen LogP contribution in [0.25, 0.3) is 0 Å². The third-order valence-corrected chi connectivity index (χ3v) is 4.62. The molecule has 3 rings (SSSR count). The minimum atomic E-state index is -3.57. The number of benzene rings is 2. The molecular formula is C15H14N2O2S. The van der Waals surface area contributed by atoms with Crippen LogP contribution < -0.4 is 5.32 Å². The number of anilines is 1. The molecule has 5 heteroatoms. The lowest BCUT2D eigenvalue weighted by Crippen LogP contribution is -2.12. The van der Waals surface area contributed by atoms with Gasteiger partial charge in [-0.05, 0) is 30.2 Å². The average molecular weight is 286 g/mol. The molecule has 1 aliphatic rings. The molecule has 1 heterocycles. The molecule has 0 fully saturated rings. The Labute approximate surface area is 118 Å². The summed E-state index contributed by atoms with van der Waals surface area (Å²) in [4.78, 5) is 0.261. The molecule has 0 saturated heterocycles. The number of aryl methyl sites for hydroxylation is 1. The smallest absolute Gasteiger partial charge is 0.285 e. The van der Waals surface area contributed by atoms with Crippen LogP contribution in [0.5, 0.6) is 0 Å². The summed E-state index contributed by atoms with van der Waals surface area (Å²) >= 11 is 0. The van der Waals surface area contributed by atoms with E-state index in [0.29, 0.717) is 11.4 Å². The first kappa shape index (κ1) is 12.9. The molecule has 1 N–H and O–H groups in total. The number of nitrogens with one attached hydrogen (secondary N) is 1. The van der Waals surface area contributed by atoms with Crippen molar-refractivity contribution in [3.05, 3.63) is 59.7 Å². The van der Waals surface area contributed by atoms with Gasteiger partial charge in [0.15, 0.2) is 5.84 Å². The summed E-state index contributed by atoms with van der Waals surface area (Å²) in [6.07, 6.45) is 0.866. The lowest BCUT2D eigenvalue weighted by molar-refractivity contribution is 0.599. The van der Waals surface area contributed by atoms with Gasteiger partial charge < -0.3 is 5.32 Å². The number of fused-ring (bicyclic) bond motifs is 1. The summed E-state index contributed by atoms with van der Waals surface area (Å²) in [7, 11) is -3.57. The van der Waals surface area contributed by atoms with Gasteiger partial charge in [-0.3, -0.25) is 0 Å². The molecule has 0 aliphatic carbocycles. The Morgan fingerprint density at radius 1 is 1.05 bits per heavy atom. The molecule has 0 atom stereocenters. The molecule has 20 heavy (non-hydrogen) atoms. The van der Waals surface area contributed by atoms with Crippen LogP contribution in [0.2, 0.25) is 0 Å². The summed E-state index contributed by atoms with van der Waals surface area (Å²) in [6, 6.07) is 14.7. The van der Waals surface area contributed by atoms with Crippen molar-refractivity contribution in [3.8, 4) is 0 Å².